The summed E-state index contributed by atoms with van der Waals surface area (Å²) in [6, 6.07) is 1.45. The average molecular weight is 439 g/mol. The number of urea groups is 1. The van der Waals surface area contributed by atoms with Crippen molar-refractivity contribution in [3.63, 3.8) is 0 Å². The fourth-order valence-corrected chi connectivity index (χ4v) is 3.83. The van der Waals surface area contributed by atoms with Gasteiger partial charge in [0.05, 0.1) is 16.1 Å². The minimum absolute atomic E-state index is 0.0361. The summed E-state index contributed by atoms with van der Waals surface area (Å²) in [5, 5.41) is 0. The van der Waals surface area contributed by atoms with Gasteiger partial charge < -0.3 is 4.90 Å². The topological polar surface area (TPSA) is 74.8 Å². The van der Waals surface area contributed by atoms with Crippen molar-refractivity contribution in [2.75, 3.05) is 23.6 Å². The molecule has 1 aromatic rings. The van der Waals surface area contributed by atoms with Gasteiger partial charge >= 0.3 is 12.2 Å². The van der Waals surface area contributed by atoms with Crippen LogP contribution >= 0.6 is 11.6 Å². The Morgan fingerprint density at radius 3 is 2.29 bits per heavy atom. The predicted molar refractivity (Wildman–Crippen MR) is 98.1 cm³/mol. The van der Waals surface area contributed by atoms with Crippen molar-refractivity contribution in [2.45, 2.75) is 30.5 Å². The summed E-state index contributed by atoms with van der Waals surface area (Å²) in [5.74, 6) is -0.529. The van der Waals surface area contributed by atoms with Crippen LogP contribution in [-0.2, 0) is 20.8 Å². The molecule has 0 atom stereocenters. The number of amides is 3. The molecule has 0 unspecified atom stereocenters. The molecule has 1 aliphatic rings. The lowest BCUT2D eigenvalue weighted by Gasteiger charge is -2.26. The van der Waals surface area contributed by atoms with E-state index >= 15 is 0 Å². The van der Waals surface area contributed by atoms with Gasteiger partial charge in [0.2, 0.25) is 0 Å². The second-order valence-electron chi connectivity index (χ2n) is 6.67. The Balaban J connectivity index is 2.57. The van der Waals surface area contributed by atoms with Gasteiger partial charge in [0, 0.05) is 18.7 Å². The minimum atomic E-state index is -4.99. The molecule has 1 aromatic carbocycles. The van der Waals surface area contributed by atoms with Crippen LogP contribution in [0.1, 0.15) is 19.4 Å². The quantitative estimate of drug-likeness (QED) is 0.401. The number of allylic oxidation sites excluding steroid dienone is 1. The maximum atomic E-state index is 13.4. The fourth-order valence-electron chi connectivity index (χ4n) is 2.81. The molecule has 3 amide bonds. The number of hydrogen-bond donors (Lipinski definition) is 0. The first kappa shape index (κ1) is 22.2. The molecule has 154 valence electrons. The highest BCUT2D eigenvalue weighted by Crippen LogP contribution is 2.39. The number of imide groups is 1. The molecule has 0 N–H and O–H groups in total. The highest BCUT2D eigenvalue weighted by Gasteiger charge is 2.51. The molecule has 6 nitrogen and oxygen atoms in total. The van der Waals surface area contributed by atoms with Crippen molar-refractivity contribution in [1.29, 1.82) is 0 Å². The summed E-state index contributed by atoms with van der Waals surface area (Å²) in [4.78, 5) is 26.4. The Bertz CT molecular complexity index is 942. The van der Waals surface area contributed by atoms with E-state index in [2.05, 4.69) is 0 Å². The summed E-state index contributed by atoms with van der Waals surface area (Å²) in [6.45, 7) is 2.98. The number of alkyl halides is 4. The van der Waals surface area contributed by atoms with E-state index in [0.29, 0.717) is 17.2 Å². The zero-order chi connectivity index (χ0) is 21.5. The van der Waals surface area contributed by atoms with Crippen LogP contribution in [-0.4, -0.2) is 49.5 Å². The van der Waals surface area contributed by atoms with E-state index in [1.54, 1.807) is 12.2 Å². The first-order valence-corrected chi connectivity index (χ1v) is 10.4. The normalized spacial score (nSPS) is 17.8. The number of halogens is 4. The van der Waals surface area contributed by atoms with Crippen molar-refractivity contribution in [2.24, 2.45) is 0 Å². The molecule has 0 aromatic heterocycles. The van der Waals surface area contributed by atoms with E-state index in [9.17, 15) is 31.2 Å². The molecule has 0 saturated carbocycles. The van der Waals surface area contributed by atoms with E-state index in [-0.39, 0.29) is 18.1 Å². The van der Waals surface area contributed by atoms with E-state index in [4.69, 9.17) is 11.6 Å². The molecule has 1 saturated heterocycles. The number of carbonyl (C=O) groups is 2. The number of anilines is 1. The second kappa shape index (κ2) is 7.40. The van der Waals surface area contributed by atoms with Gasteiger partial charge in [0.1, 0.15) is 5.54 Å². The monoisotopic (exact) mass is 438 g/mol. The summed E-state index contributed by atoms with van der Waals surface area (Å²) >= 11 is 5.54. The van der Waals surface area contributed by atoms with Crippen LogP contribution in [0.3, 0.4) is 0 Å². The van der Waals surface area contributed by atoms with Crippen LogP contribution in [0, 0.1) is 0 Å². The molecule has 1 aliphatic heterocycles. The zero-order valence-electron chi connectivity index (χ0n) is 15.2. The van der Waals surface area contributed by atoms with Gasteiger partial charge in [-0.25, -0.2) is 18.1 Å². The Morgan fingerprint density at radius 2 is 1.79 bits per heavy atom. The van der Waals surface area contributed by atoms with Crippen LogP contribution in [0.5, 0.6) is 0 Å². The van der Waals surface area contributed by atoms with Gasteiger partial charge in [-0.3, -0.25) is 4.79 Å². The van der Waals surface area contributed by atoms with Gasteiger partial charge in [-0.2, -0.15) is 13.2 Å². The summed E-state index contributed by atoms with van der Waals surface area (Å²) in [7, 11) is -4.17. The largest absolute Gasteiger partial charge is 0.417 e. The van der Waals surface area contributed by atoms with Crippen molar-refractivity contribution in [3.05, 3.63) is 35.9 Å². The van der Waals surface area contributed by atoms with E-state index in [1.165, 1.54) is 18.7 Å². The molecule has 0 radical (unpaired) electrons. The van der Waals surface area contributed by atoms with Crippen LogP contribution in [0.25, 0.3) is 0 Å². The minimum Gasteiger partial charge on any atom is -0.306 e. The smallest absolute Gasteiger partial charge is 0.306 e. The first-order chi connectivity index (χ1) is 12.7. The molecule has 1 heterocycles. The van der Waals surface area contributed by atoms with Gasteiger partial charge in [-0.15, -0.1) is 11.6 Å². The van der Waals surface area contributed by atoms with Gasteiger partial charge in [0.25, 0.3) is 5.91 Å². The third-order valence-electron chi connectivity index (χ3n) is 4.29. The maximum absolute atomic E-state index is 13.4. The number of rotatable bonds is 5. The lowest BCUT2D eigenvalue weighted by atomic mass is 10.0. The SMILES string of the molecule is CC1(C)C(=O)N(c2ccc(S(C)(=O)=O)c(C(F)(F)F)c2)C(=O)N1CC=CCCl. The van der Waals surface area contributed by atoms with E-state index < -0.39 is 43.9 Å². The van der Waals surface area contributed by atoms with Crippen LogP contribution in [0.15, 0.2) is 35.2 Å². The summed E-state index contributed by atoms with van der Waals surface area (Å²) in [5.41, 5.74) is -3.10. The van der Waals surface area contributed by atoms with E-state index in [0.717, 1.165) is 12.1 Å². The number of carbonyl (C=O) groups excluding carboxylic acids is 2. The number of nitrogens with zero attached hydrogens (tertiary/aromatic N) is 2. The molecule has 0 aliphatic carbocycles. The standard InChI is InChI=1S/C17H18ClF3N2O4S/c1-16(2)14(24)23(15(25)22(16)9-5-4-8-18)11-6-7-13(28(3,26)27)12(10-11)17(19,20)21/h4-7,10H,8-9H2,1-3H3. The molecule has 2 rings (SSSR count). The van der Waals surface area contributed by atoms with Gasteiger partial charge in [-0.1, -0.05) is 12.2 Å². The molecule has 11 heteroatoms. The lowest BCUT2D eigenvalue weighted by molar-refractivity contribution is -0.139. The molecular formula is C17H18ClF3N2O4S. The third kappa shape index (κ3) is 4.02. The van der Waals surface area contributed by atoms with Crippen LogP contribution < -0.4 is 4.90 Å². The number of sulfone groups is 1. The zero-order valence-corrected chi connectivity index (χ0v) is 16.8. The number of benzene rings is 1. The van der Waals surface area contributed by atoms with Gasteiger partial charge in [0.15, 0.2) is 9.84 Å². The number of hydrogen-bond acceptors (Lipinski definition) is 4. The Morgan fingerprint density at radius 1 is 1.18 bits per heavy atom. The molecule has 28 heavy (non-hydrogen) atoms. The van der Waals surface area contributed by atoms with Crippen molar-refractivity contribution < 1.29 is 31.2 Å². The van der Waals surface area contributed by atoms with E-state index in [1.807, 2.05) is 0 Å². The predicted octanol–water partition coefficient (Wildman–Crippen LogP) is 3.45. The summed E-state index contributed by atoms with van der Waals surface area (Å²) in [6.07, 6.45) is -1.20. The van der Waals surface area contributed by atoms with Gasteiger partial charge in [-0.05, 0) is 32.0 Å². The van der Waals surface area contributed by atoms with Crippen LogP contribution in [0.4, 0.5) is 23.7 Å². The molecular weight excluding hydrogens is 421 g/mol. The Labute approximate surface area is 165 Å². The Hall–Kier alpha value is -2.07. The maximum Gasteiger partial charge on any atom is 0.417 e. The molecule has 1 fully saturated rings. The first-order valence-electron chi connectivity index (χ1n) is 8.01. The highest BCUT2D eigenvalue weighted by molar-refractivity contribution is 7.90. The van der Waals surface area contributed by atoms with Crippen LogP contribution in [0.2, 0.25) is 0 Å². The average Bonchev–Trinajstić information content (AvgIpc) is 2.72. The van der Waals surface area contributed by atoms with Crippen molar-refractivity contribution >= 4 is 39.1 Å². The second-order valence-corrected chi connectivity index (χ2v) is 8.96. The lowest BCUT2D eigenvalue weighted by Crippen LogP contribution is -2.44. The highest BCUT2D eigenvalue weighted by atomic mass is 35.5. The Kier molecular flexibility index (Phi) is 5.87. The summed E-state index contributed by atoms with van der Waals surface area (Å²) < 4.78 is 63.5. The fraction of sp³-hybridized carbons (Fsp3) is 0.412. The molecule has 0 bridgehead atoms. The molecule has 0 spiro atoms. The van der Waals surface area contributed by atoms with Crippen molar-refractivity contribution in [3.8, 4) is 0 Å². The van der Waals surface area contributed by atoms with Crippen molar-refractivity contribution in [1.82, 2.24) is 4.90 Å². The third-order valence-corrected chi connectivity index (χ3v) is 5.63.